The number of fused-ring (bicyclic) bond motifs is 1. The molecule has 1 aliphatic rings. The second-order valence-corrected chi connectivity index (χ2v) is 4.71. The molecule has 3 rings (SSSR count). The quantitative estimate of drug-likeness (QED) is 0.666. The lowest BCUT2D eigenvalue weighted by Gasteiger charge is -2.23. The van der Waals surface area contributed by atoms with E-state index in [-0.39, 0.29) is 17.4 Å². The third-order valence-corrected chi connectivity index (χ3v) is 3.16. The van der Waals surface area contributed by atoms with Crippen LogP contribution in [0.25, 0.3) is 0 Å². The number of hydrogen-bond acceptors (Lipinski definition) is 6. The number of nitro groups is 1. The number of amides is 1. The lowest BCUT2D eigenvalue weighted by Crippen LogP contribution is -2.34. The molecule has 1 aromatic heterocycles. The lowest BCUT2D eigenvalue weighted by atomic mass is 10.2. The van der Waals surface area contributed by atoms with E-state index in [4.69, 9.17) is 4.74 Å². The van der Waals surface area contributed by atoms with Crippen LogP contribution >= 0.6 is 0 Å². The standard InChI is InChI=1S/C14H12N4O4/c1-8-14(19)17-10-7-9(4-5-12(10)22-8)16-13-11(18(20)21)3-2-6-15-13/h2-8H,1H3,(H,15,16)(H,17,19)/t8-/m0/s1. The van der Waals surface area contributed by atoms with E-state index >= 15 is 0 Å². The highest BCUT2D eigenvalue weighted by Gasteiger charge is 2.24. The topological polar surface area (TPSA) is 106 Å². The fourth-order valence-corrected chi connectivity index (χ4v) is 2.06. The maximum Gasteiger partial charge on any atom is 0.311 e. The van der Waals surface area contributed by atoms with Gasteiger partial charge in [-0.3, -0.25) is 14.9 Å². The maximum absolute atomic E-state index is 11.6. The molecule has 22 heavy (non-hydrogen) atoms. The SMILES string of the molecule is C[C@@H]1Oc2ccc(Nc3ncccc3[N+](=O)[O-])cc2NC1=O. The van der Waals surface area contributed by atoms with Gasteiger partial charge in [0.05, 0.1) is 10.6 Å². The lowest BCUT2D eigenvalue weighted by molar-refractivity contribution is -0.384. The van der Waals surface area contributed by atoms with E-state index in [0.29, 0.717) is 17.1 Å². The zero-order chi connectivity index (χ0) is 15.7. The molecule has 1 atom stereocenters. The molecule has 0 saturated carbocycles. The minimum atomic E-state index is -0.553. The summed E-state index contributed by atoms with van der Waals surface area (Å²) >= 11 is 0. The Kier molecular flexibility index (Phi) is 3.34. The molecule has 0 spiro atoms. The second-order valence-electron chi connectivity index (χ2n) is 4.71. The first kappa shape index (κ1) is 13.8. The number of ether oxygens (including phenoxy) is 1. The van der Waals surface area contributed by atoms with Crippen molar-refractivity contribution in [2.75, 3.05) is 10.6 Å². The van der Waals surface area contributed by atoms with Gasteiger partial charge in [0.25, 0.3) is 5.91 Å². The molecule has 2 aromatic rings. The van der Waals surface area contributed by atoms with Gasteiger partial charge in [-0.25, -0.2) is 4.98 Å². The van der Waals surface area contributed by atoms with Gasteiger partial charge in [-0.1, -0.05) is 0 Å². The van der Waals surface area contributed by atoms with Crippen molar-refractivity contribution >= 4 is 28.8 Å². The molecule has 0 unspecified atom stereocenters. The van der Waals surface area contributed by atoms with E-state index in [1.165, 1.54) is 18.3 Å². The van der Waals surface area contributed by atoms with Crippen LogP contribution in [0.2, 0.25) is 0 Å². The van der Waals surface area contributed by atoms with Crippen LogP contribution in [0.4, 0.5) is 22.9 Å². The van der Waals surface area contributed by atoms with E-state index in [9.17, 15) is 14.9 Å². The van der Waals surface area contributed by atoms with Crippen LogP contribution in [0, 0.1) is 10.1 Å². The largest absolute Gasteiger partial charge is 0.479 e. The minimum Gasteiger partial charge on any atom is -0.479 e. The van der Waals surface area contributed by atoms with Crippen molar-refractivity contribution in [2.45, 2.75) is 13.0 Å². The van der Waals surface area contributed by atoms with Crippen molar-refractivity contribution in [2.24, 2.45) is 0 Å². The van der Waals surface area contributed by atoms with Crippen LogP contribution in [0.5, 0.6) is 5.75 Å². The number of anilines is 3. The summed E-state index contributed by atoms with van der Waals surface area (Å²) < 4.78 is 5.45. The summed E-state index contributed by atoms with van der Waals surface area (Å²) in [4.78, 5) is 26.0. The van der Waals surface area contributed by atoms with E-state index in [2.05, 4.69) is 15.6 Å². The Morgan fingerprint density at radius 1 is 1.41 bits per heavy atom. The van der Waals surface area contributed by atoms with E-state index in [1.54, 1.807) is 25.1 Å². The van der Waals surface area contributed by atoms with E-state index in [1.807, 2.05) is 0 Å². The van der Waals surface area contributed by atoms with Crippen LogP contribution in [0.15, 0.2) is 36.5 Å². The third kappa shape index (κ3) is 2.53. The number of carbonyl (C=O) groups excluding carboxylic acids is 1. The van der Waals surface area contributed by atoms with Gasteiger partial charge in [0.15, 0.2) is 6.10 Å². The molecular formula is C14H12N4O4. The second kappa shape index (κ2) is 5.32. The van der Waals surface area contributed by atoms with Gasteiger partial charge in [0.1, 0.15) is 5.75 Å². The summed E-state index contributed by atoms with van der Waals surface area (Å²) in [6.45, 7) is 1.65. The number of nitrogens with one attached hydrogen (secondary N) is 2. The maximum atomic E-state index is 11.6. The summed E-state index contributed by atoms with van der Waals surface area (Å²) in [5, 5.41) is 16.6. The molecule has 2 heterocycles. The number of aromatic nitrogens is 1. The summed E-state index contributed by atoms with van der Waals surface area (Å²) in [7, 11) is 0. The molecule has 1 aliphatic heterocycles. The Bertz CT molecular complexity index is 762. The molecule has 8 heteroatoms. The zero-order valence-corrected chi connectivity index (χ0v) is 11.6. The Balaban J connectivity index is 1.90. The van der Waals surface area contributed by atoms with E-state index in [0.717, 1.165) is 0 Å². The number of pyridine rings is 1. The van der Waals surface area contributed by atoms with Crippen molar-refractivity contribution in [3.8, 4) is 5.75 Å². The molecule has 2 N–H and O–H groups in total. The Hall–Kier alpha value is -3.16. The van der Waals surface area contributed by atoms with Crippen molar-refractivity contribution in [3.63, 3.8) is 0 Å². The molecule has 112 valence electrons. The first-order chi connectivity index (χ1) is 10.5. The van der Waals surface area contributed by atoms with Gasteiger partial charge in [-0.2, -0.15) is 0 Å². The van der Waals surface area contributed by atoms with Gasteiger partial charge >= 0.3 is 5.69 Å². The van der Waals surface area contributed by atoms with Crippen LogP contribution < -0.4 is 15.4 Å². The monoisotopic (exact) mass is 300 g/mol. The Morgan fingerprint density at radius 2 is 2.23 bits per heavy atom. The Labute approximate surface area is 125 Å². The molecule has 0 radical (unpaired) electrons. The molecule has 1 aromatic carbocycles. The Morgan fingerprint density at radius 3 is 3.00 bits per heavy atom. The average Bonchev–Trinajstić information content (AvgIpc) is 2.49. The predicted octanol–water partition coefficient (Wildman–Crippen LogP) is 2.45. The van der Waals surface area contributed by atoms with Gasteiger partial charge < -0.3 is 15.4 Å². The number of nitrogens with zero attached hydrogens (tertiary/aromatic N) is 2. The van der Waals surface area contributed by atoms with Gasteiger partial charge in [0.2, 0.25) is 5.82 Å². The van der Waals surface area contributed by atoms with Gasteiger partial charge in [-0.05, 0) is 31.2 Å². The van der Waals surface area contributed by atoms with Crippen LogP contribution in [0.1, 0.15) is 6.92 Å². The zero-order valence-electron chi connectivity index (χ0n) is 11.6. The average molecular weight is 300 g/mol. The van der Waals surface area contributed by atoms with Crippen molar-refractivity contribution < 1.29 is 14.5 Å². The summed E-state index contributed by atoms with van der Waals surface area (Å²) in [5.41, 5.74) is 0.930. The minimum absolute atomic E-state index is 0.129. The van der Waals surface area contributed by atoms with Gasteiger partial charge in [-0.15, -0.1) is 0 Å². The molecule has 1 amide bonds. The van der Waals surface area contributed by atoms with Crippen LogP contribution in [-0.2, 0) is 4.79 Å². The first-order valence-corrected chi connectivity index (χ1v) is 6.52. The van der Waals surface area contributed by atoms with Crippen LogP contribution in [-0.4, -0.2) is 21.9 Å². The molecule has 0 bridgehead atoms. The highest BCUT2D eigenvalue weighted by molar-refractivity contribution is 5.98. The molecule has 0 aliphatic carbocycles. The van der Waals surface area contributed by atoms with Gasteiger partial charge in [0, 0.05) is 18.0 Å². The van der Waals surface area contributed by atoms with Crippen molar-refractivity contribution in [3.05, 3.63) is 46.6 Å². The summed E-state index contributed by atoms with van der Waals surface area (Å²) in [6, 6.07) is 7.87. The highest BCUT2D eigenvalue weighted by Crippen LogP contribution is 2.34. The number of rotatable bonds is 3. The normalized spacial score (nSPS) is 16.2. The fraction of sp³-hybridized carbons (Fsp3) is 0.143. The number of benzene rings is 1. The van der Waals surface area contributed by atoms with Crippen molar-refractivity contribution in [1.82, 2.24) is 4.98 Å². The third-order valence-electron chi connectivity index (χ3n) is 3.16. The number of carbonyl (C=O) groups is 1. The number of hydrogen-bond donors (Lipinski definition) is 2. The molecule has 0 fully saturated rings. The van der Waals surface area contributed by atoms with Crippen LogP contribution in [0.3, 0.4) is 0 Å². The predicted molar refractivity (Wildman–Crippen MR) is 79.3 cm³/mol. The molecular weight excluding hydrogens is 288 g/mol. The summed E-state index contributed by atoms with van der Waals surface area (Å²) in [5.74, 6) is 0.436. The fourth-order valence-electron chi connectivity index (χ4n) is 2.06. The molecule has 0 saturated heterocycles. The summed E-state index contributed by atoms with van der Waals surface area (Å²) in [6.07, 6.45) is 0.906. The first-order valence-electron chi connectivity index (χ1n) is 6.52. The van der Waals surface area contributed by atoms with Crippen molar-refractivity contribution in [1.29, 1.82) is 0 Å². The molecule has 8 nitrogen and oxygen atoms in total. The smallest absolute Gasteiger partial charge is 0.311 e. The van der Waals surface area contributed by atoms with E-state index < -0.39 is 11.0 Å². The highest BCUT2D eigenvalue weighted by atomic mass is 16.6.